The molecule has 1 aliphatic carbocycles. The highest BCUT2D eigenvalue weighted by atomic mass is 19.1. The van der Waals surface area contributed by atoms with Crippen LogP contribution in [0.25, 0.3) is 0 Å². The van der Waals surface area contributed by atoms with Crippen LogP contribution in [0.1, 0.15) is 29.6 Å². The lowest BCUT2D eigenvalue weighted by molar-refractivity contribution is -0.130. The average molecular weight is 350 g/mol. The fourth-order valence-corrected chi connectivity index (χ4v) is 3.79. The highest BCUT2D eigenvalue weighted by molar-refractivity contribution is 5.94. The molecule has 3 rings (SSSR count). The third-order valence-corrected chi connectivity index (χ3v) is 5.20. The van der Waals surface area contributed by atoms with Crippen molar-refractivity contribution in [3.05, 3.63) is 35.6 Å². The molecule has 2 aliphatic rings. The number of carbonyl (C=O) groups is 2. The van der Waals surface area contributed by atoms with Crippen molar-refractivity contribution in [2.45, 2.75) is 31.5 Å². The molecule has 1 aliphatic heterocycles. The number of rotatable bonds is 4. The summed E-state index contributed by atoms with van der Waals surface area (Å²) < 4.78 is 13.5. The molecule has 1 saturated heterocycles. The molecule has 6 nitrogen and oxygen atoms in total. The van der Waals surface area contributed by atoms with Gasteiger partial charge in [-0.15, -0.1) is 0 Å². The molecule has 3 N–H and O–H groups in total. The number of likely N-dealkylation sites (tertiary alicyclic amines) is 1. The molecule has 1 heterocycles. The van der Waals surface area contributed by atoms with Gasteiger partial charge in [-0.2, -0.15) is 0 Å². The first-order valence-corrected chi connectivity index (χ1v) is 8.62. The Morgan fingerprint density at radius 1 is 1.12 bits per heavy atom. The Balaban J connectivity index is 1.46. The Morgan fingerprint density at radius 3 is 2.32 bits per heavy atom. The van der Waals surface area contributed by atoms with Crippen LogP contribution in [-0.4, -0.2) is 58.8 Å². The number of nitrogens with one attached hydrogen (secondary N) is 1. The maximum Gasteiger partial charge on any atom is 0.254 e. The number of aliphatic hydroxyl groups is 2. The van der Waals surface area contributed by atoms with E-state index in [1.165, 1.54) is 18.2 Å². The summed E-state index contributed by atoms with van der Waals surface area (Å²) in [5.41, 5.74) is -0.0369. The summed E-state index contributed by atoms with van der Waals surface area (Å²) in [5, 5.41) is 22.1. The fourth-order valence-electron chi connectivity index (χ4n) is 3.79. The Labute approximate surface area is 145 Å². The molecule has 2 amide bonds. The van der Waals surface area contributed by atoms with Crippen LogP contribution in [0, 0.1) is 17.7 Å². The maximum atomic E-state index is 13.5. The first-order valence-electron chi connectivity index (χ1n) is 8.62. The number of benzene rings is 1. The van der Waals surface area contributed by atoms with Crippen LogP contribution in [-0.2, 0) is 4.79 Å². The van der Waals surface area contributed by atoms with Gasteiger partial charge < -0.3 is 20.4 Å². The summed E-state index contributed by atoms with van der Waals surface area (Å²) in [5.74, 6) is -0.766. The van der Waals surface area contributed by atoms with Gasteiger partial charge in [0, 0.05) is 26.1 Å². The summed E-state index contributed by atoms with van der Waals surface area (Å²) in [6.07, 6.45) is -0.253. The van der Waals surface area contributed by atoms with Crippen molar-refractivity contribution in [1.29, 1.82) is 0 Å². The van der Waals surface area contributed by atoms with E-state index in [4.69, 9.17) is 0 Å². The molecule has 0 unspecified atom stereocenters. The molecular weight excluding hydrogens is 327 g/mol. The number of hydrogen-bond donors (Lipinski definition) is 3. The lowest BCUT2D eigenvalue weighted by atomic mass is 9.79. The standard InChI is InChI=1S/C18H23FN2O4/c19-14-4-2-1-3-13(14)18(25)20-6-5-17(24)21-9-11-7-15(22)16(23)8-12(11)10-21/h1-4,11-12,15-16,22-23H,5-10H2,(H,20,25)/t11-,12+,15-,16-/m0/s1. The number of nitrogens with zero attached hydrogens (tertiary/aromatic N) is 1. The quantitative estimate of drug-likeness (QED) is 0.739. The van der Waals surface area contributed by atoms with Gasteiger partial charge in [0.05, 0.1) is 17.8 Å². The second kappa shape index (κ2) is 7.49. The van der Waals surface area contributed by atoms with E-state index < -0.39 is 23.9 Å². The lowest BCUT2D eigenvalue weighted by Crippen LogP contribution is -2.38. The van der Waals surface area contributed by atoms with Crippen molar-refractivity contribution in [3.8, 4) is 0 Å². The number of carbonyl (C=O) groups excluding carboxylic acids is 2. The van der Waals surface area contributed by atoms with Crippen LogP contribution < -0.4 is 5.32 Å². The van der Waals surface area contributed by atoms with Crippen molar-refractivity contribution in [2.75, 3.05) is 19.6 Å². The lowest BCUT2D eigenvalue weighted by Gasteiger charge is -2.31. The molecule has 0 aromatic heterocycles. The summed E-state index contributed by atoms with van der Waals surface area (Å²) in [7, 11) is 0. The van der Waals surface area contributed by atoms with E-state index in [-0.39, 0.29) is 36.3 Å². The molecular formula is C18H23FN2O4. The zero-order valence-corrected chi connectivity index (χ0v) is 13.9. The van der Waals surface area contributed by atoms with Gasteiger partial charge in [0.1, 0.15) is 5.82 Å². The van der Waals surface area contributed by atoms with Crippen molar-refractivity contribution in [3.63, 3.8) is 0 Å². The summed E-state index contributed by atoms with van der Waals surface area (Å²) in [6, 6.07) is 5.71. The Hall–Kier alpha value is -1.99. The predicted octanol–water partition coefficient (Wildman–Crippen LogP) is 0.536. The van der Waals surface area contributed by atoms with Crippen molar-refractivity contribution in [1.82, 2.24) is 10.2 Å². The number of hydrogen-bond acceptors (Lipinski definition) is 4. The second-order valence-electron chi connectivity index (χ2n) is 6.91. The maximum absolute atomic E-state index is 13.5. The van der Waals surface area contributed by atoms with E-state index in [1.807, 2.05) is 0 Å². The molecule has 1 saturated carbocycles. The molecule has 25 heavy (non-hydrogen) atoms. The van der Waals surface area contributed by atoms with Crippen molar-refractivity contribution >= 4 is 11.8 Å². The molecule has 2 fully saturated rings. The number of aliphatic hydroxyl groups excluding tert-OH is 2. The Kier molecular flexibility index (Phi) is 5.34. The van der Waals surface area contributed by atoms with Gasteiger partial charge in [0.25, 0.3) is 5.91 Å². The molecule has 0 radical (unpaired) electrons. The van der Waals surface area contributed by atoms with Crippen LogP contribution in [0.5, 0.6) is 0 Å². The highest BCUT2D eigenvalue weighted by Gasteiger charge is 2.42. The predicted molar refractivity (Wildman–Crippen MR) is 88.2 cm³/mol. The van der Waals surface area contributed by atoms with Crippen LogP contribution in [0.15, 0.2) is 24.3 Å². The molecule has 0 spiro atoms. The summed E-state index contributed by atoms with van der Waals surface area (Å²) in [6.45, 7) is 1.30. The van der Waals surface area contributed by atoms with Gasteiger partial charge in [-0.05, 0) is 36.8 Å². The Morgan fingerprint density at radius 2 is 1.72 bits per heavy atom. The molecule has 7 heteroatoms. The number of fused-ring (bicyclic) bond motifs is 1. The van der Waals surface area contributed by atoms with E-state index in [0.717, 1.165) is 0 Å². The Bertz CT molecular complexity index is 636. The van der Waals surface area contributed by atoms with Gasteiger partial charge in [-0.1, -0.05) is 12.1 Å². The molecule has 1 aromatic rings. The van der Waals surface area contributed by atoms with E-state index in [2.05, 4.69) is 5.32 Å². The third-order valence-electron chi connectivity index (χ3n) is 5.20. The number of amides is 2. The topological polar surface area (TPSA) is 89.9 Å². The van der Waals surface area contributed by atoms with Gasteiger partial charge in [-0.3, -0.25) is 9.59 Å². The average Bonchev–Trinajstić information content (AvgIpc) is 2.98. The first-order chi connectivity index (χ1) is 12.0. The van der Waals surface area contributed by atoms with Crippen molar-refractivity contribution in [2.24, 2.45) is 11.8 Å². The molecule has 136 valence electrons. The van der Waals surface area contributed by atoms with Gasteiger partial charge in [0.15, 0.2) is 0 Å². The van der Waals surface area contributed by atoms with E-state index in [9.17, 15) is 24.2 Å². The van der Waals surface area contributed by atoms with E-state index in [0.29, 0.717) is 25.9 Å². The normalized spacial score (nSPS) is 28.5. The minimum atomic E-state index is -0.712. The fraction of sp³-hybridized carbons (Fsp3) is 0.556. The van der Waals surface area contributed by atoms with Gasteiger partial charge in [-0.25, -0.2) is 4.39 Å². The highest BCUT2D eigenvalue weighted by Crippen LogP contribution is 2.36. The minimum absolute atomic E-state index is 0.0369. The van der Waals surface area contributed by atoms with E-state index >= 15 is 0 Å². The summed E-state index contributed by atoms with van der Waals surface area (Å²) >= 11 is 0. The minimum Gasteiger partial charge on any atom is -0.390 e. The monoisotopic (exact) mass is 350 g/mol. The van der Waals surface area contributed by atoms with Gasteiger partial charge in [0.2, 0.25) is 5.91 Å². The van der Waals surface area contributed by atoms with Crippen LogP contribution in [0.4, 0.5) is 4.39 Å². The molecule has 1 aromatic carbocycles. The molecule has 0 bridgehead atoms. The van der Waals surface area contributed by atoms with Crippen LogP contribution in [0.2, 0.25) is 0 Å². The largest absolute Gasteiger partial charge is 0.390 e. The van der Waals surface area contributed by atoms with E-state index in [1.54, 1.807) is 11.0 Å². The second-order valence-corrected chi connectivity index (χ2v) is 6.91. The zero-order chi connectivity index (χ0) is 18.0. The third kappa shape index (κ3) is 3.99. The number of halogens is 1. The van der Waals surface area contributed by atoms with Crippen LogP contribution in [0.3, 0.4) is 0 Å². The van der Waals surface area contributed by atoms with Gasteiger partial charge >= 0.3 is 0 Å². The van der Waals surface area contributed by atoms with Crippen LogP contribution >= 0.6 is 0 Å². The zero-order valence-electron chi connectivity index (χ0n) is 13.9. The SMILES string of the molecule is O=C(NCCC(=O)N1C[C@H]2C[C@H](O)[C@@H](O)C[C@H]2C1)c1ccccc1F. The first kappa shape index (κ1) is 17.8. The summed E-state index contributed by atoms with van der Waals surface area (Å²) in [4.78, 5) is 26.0. The smallest absolute Gasteiger partial charge is 0.254 e. The van der Waals surface area contributed by atoms with Crippen molar-refractivity contribution < 1.29 is 24.2 Å². The molecule has 4 atom stereocenters.